The maximum atomic E-state index is 11.6. The summed E-state index contributed by atoms with van der Waals surface area (Å²) in [5.41, 5.74) is 0.915. The van der Waals surface area contributed by atoms with Crippen molar-refractivity contribution in [3.05, 3.63) is 35.4 Å². The summed E-state index contributed by atoms with van der Waals surface area (Å²) in [6, 6.07) is 6.71. The number of benzene rings is 1. The Kier molecular flexibility index (Phi) is 2.75. The molecule has 0 amide bonds. The summed E-state index contributed by atoms with van der Waals surface area (Å²) in [7, 11) is 0. The van der Waals surface area contributed by atoms with Crippen LogP contribution in [0.2, 0.25) is 0 Å². The van der Waals surface area contributed by atoms with E-state index < -0.39 is 24.0 Å². The average Bonchev–Trinajstić information content (AvgIpc) is 2.28. The molecule has 0 spiro atoms. The van der Waals surface area contributed by atoms with Crippen molar-refractivity contribution >= 4 is 11.9 Å². The number of esters is 2. The smallest absolute Gasteiger partial charge is 0.346 e. The fourth-order valence-electron chi connectivity index (χ4n) is 1.89. The maximum absolute atomic E-state index is 11.6. The molecule has 1 aromatic rings. The second-order valence-electron chi connectivity index (χ2n) is 3.75. The van der Waals surface area contributed by atoms with Crippen LogP contribution in [0.5, 0.6) is 0 Å². The van der Waals surface area contributed by atoms with Gasteiger partial charge in [0.05, 0.1) is 11.7 Å². The topological polar surface area (TPSA) is 63.6 Å². The first-order valence-electron chi connectivity index (χ1n) is 5.18. The van der Waals surface area contributed by atoms with Crippen molar-refractivity contribution in [2.24, 2.45) is 0 Å². The third-order valence-electron chi connectivity index (χ3n) is 2.77. The first-order valence-corrected chi connectivity index (χ1v) is 5.18. The van der Waals surface area contributed by atoms with Crippen LogP contribution in [0.15, 0.2) is 24.3 Å². The second-order valence-corrected chi connectivity index (χ2v) is 3.75. The van der Waals surface area contributed by atoms with Crippen molar-refractivity contribution in [2.45, 2.75) is 25.4 Å². The average molecular weight is 220 g/mol. The molecule has 0 bridgehead atoms. The summed E-state index contributed by atoms with van der Waals surface area (Å²) in [4.78, 5) is 23.0. The number of carbonyl (C=O) groups excluding carboxylic acids is 2. The van der Waals surface area contributed by atoms with E-state index in [0.29, 0.717) is 17.5 Å². The van der Waals surface area contributed by atoms with Crippen LogP contribution in [-0.4, -0.2) is 23.1 Å². The summed E-state index contributed by atoms with van der Waals surface area (Å²) in [5, 5.41) is 9.77. The second kappa shape index (κ2) is 4.06. The molecule has 0 saturated heterocycles. The summed E-state index contributed by atoms with van der Waals surface area (Å²) in [6.07, 6.45) is -0.385. The van der Waals surface area contributed by atoms with Crippen molar-refractivity contribution in [3.8, 4) is 0 Å². The SMILES string of the molecule is CCC(O)C1C(=O)OC(=O)c2ccccc21. The van der Waals surface area contributed by atoms with Gasteiger partial charge in [-0.3, -0.25) is 4.79 Å². The molecule has 1 aliphatic rings. The van der Waals surface area contributed by atoms with E-state index in [4.69, 9.17) is 0 Å². The Hall–Kier alpha value is -1.68. The lowest BCUT2D eigenvalue weighted by molar-refractivity contribution is -0.143. The number of fused-ring (bicyclic) bond motifs is 1. The van der Waals surface area contributed by atoms with Gasteiger partial charge in [0, 0.05) is 0 Å². The lowest BCUT2D eigenvalue weighted by Gasteiger charge is -2.25. The number of hydrogen-bond acceptors (Lipinski definition) is 4. The zero-order chi connectivity index (χ0) is 11.7. The maximum Gasteiger partial charge on any atom is 0.346 e. The molecule has 4 nitrogen and oxygen atoms in total. The molecule has 0 aromatic heterocycles. The van der Waals surface area contributed by atoms with Gasteiger partial charge in [-0.15, -0.1) is 0 Å². The molecular weight excluding hydrogens is 208 g/mol. The van der Waals surface area contributed by atoms with Gasteiger partial charge in [0.15, 0.2) is 0 Å². The van der Waals surface area contributed by atoms with Gasteiger partial charge in [0.25, 0.3) is 0 Å². The monoisotopic (exact) mass is 220 g/mol. The standard InChI is InChI=1S/C12H12O4/c1-2-9(13)10-7-5-3-4-6-8(7)11(14)16-12(10)15/h3-6,9-10,13H,2H2,1H3. The van der Waals surface area contributed by atoms with E-state index in [1.165, 1.54) is 0 Å². The van der Waals surface area contributed by atoms with E-state index in [0.717, 1.165) is 0 Å². The third kappa shape index (κ3) is 1.61. The number of cyclic esters (lactones) is 2. The minimum atomic E-state index is -0.818. The van der Waals surface area contributed by atoms with Gasteiger partial charge in [0.2, 0.25) is 0 Å². The van der Waals surface area contributed by atoms with Crippen molar-refractivity contribution in [2.75, 3.05) is 0 Å². The fraction of sp³-hybridized carbons (Fsp3) is 0.333. The zero-order valence-corrected chi connectivity index (χ0v) is 8.84. The van der Waals surface area contributed by atoms with E-state index in [9.17, 15) is 14.7 Å². The van der Waals surface area contributed by atoms with Gasteiger partial charge in [-0.2, -0.15) is 0 Å². The number of ether oxygens (including phenoxy) is 1. The predicted octanol–water partition coefficient (Wildman–Crippen LogP) is 1.24. The molecule has 1 heterocycles. The van der Waals surface area contributed by atoms with E-state index in [1.807, 2.05) is 0 Å². The first-order chi connectivity index (χ1) is 7.65. The Labute approximate surface area is 92.8 Å². The molecule has 2 unspecified atom stereocenters. The van der Waals surface area contributed by atoms with Crippen LogP contribution in [-0.2, 0) is 9.53 Å². The molecule has 1 aromatic carbocycles. The normalized spacial score (nSPS) is 21.2. The van der Waals surface area contributed by atoms with Crippen molar-refractivity contribution in [3.63, 3.8) is 0 Å². The largest absolute Gasteiger partial charge is 0.392 e. The van der Waals surface area contributed by atoms with Gasteiger partial charge in [-0.05, 0) is 18.1 Å². The number of hydrogen-bond donors (Lipinski definition) is 1. The highest BCUT2D eigenvalue weighted by Crippen LogP contribution is 2.31. The minimum absolute atomic E-state index is 0.361. The van der Waals surface area contributed by atoms with Crippen LogP contribution < -0.4 is 0 Å². The molecule has 1 N–H and O–H groups in total. The Morgan fingerprint density at radius 1 is 1.38 bits per heavy atom. The summed E-state index contributed by atoms with van der Waals surface area (Å²) >= 11 is 0. The van der Waals surface area contributed by atoms with Crippen LogP contribution in [0.1, 0.15) is 35.2 Å². The molecule has 1 aliphatic heterocycles. The molecule has 16 heavy (non-hydrogen) atoms. The molecule has 0 aliphatic carbocycles. The molecule has 0 saturated carbocycles. The molecule has 4 heteroatoms. The van der Waals surface area contributed by atoms with Crippen LogP contribution in [0.3, 0.4) is 0 Å². The molecule has 84 valence electrons. The fourth-order valence-corrected chi connectivity index (χ4v) is 1.89. The van der Waals surface area contributed by atoms with Gasteiger partial charge in [-0.1, -0.05) is 25.1 Å². The van der Waals surface area contributed by atoms with Crippen molar-refractivity contribution in [1.82, 2.24) is 0 Å². The lowest BCUT2D eigenvalue weighted by Crippen LogP contribution is -2.34. The highest BCUT2D eigenvalue weighted by Gasteiger charge is 2.38. The number of aliphatic hydroxyl groups is 1. The van der Waals surface area contributed by atoms with Crippen LogP contribution in [0.25, 0.3) is 0 Å². The molecule has 2 rings (SSSR count). The molecular formula is C12H12O4. The Morgan fingerprint density at radius 3 is 2.75 bits per heavy atom. The summed E-state index contributed by atoms with van der Waals surface area (Å²) < 4.78 is 4.61. The number of carbonyl (C=O) groups is 2. The summed E-state index contributed by atoms with van der Waals surface area (Å²) in [6.45, 7) is 1.77. The highest BCUT2D eigenvalue weighted by molar-refractivity contribution is 6.04. The van der Waals surface area contributed by atoms with Gasteiger partial charge in [0.1, 0.15) is 5.92 Å². The molecule has 2 atom stereocenters. The van der Waals surface area contributed by atoms with Crippen molar-refractivity contribution in [1.29, 1.82) is 0 Å². The minimum Gasteiger partial charge on any atom is -0.392 e. The molecule has 0 radical (unpaired) electrons. The van der Waals surface area contributed by atoms with Crippen LogP contribution >= 0.6 is 0 Å². The Morgan fingerprint density at radius 2 is 2.06 bits per heavy atom. The van der Waals surface area contributed by atoms with Gasteiger partial charge < -0.3 is 9.84 Å². The zero-order valence-electron chi connectivity index (χ0n) is 8.84. The Bertz CT molecular complexity index is 438. The van der Waals surface area contributed by atoms with E-state index in [-0.39, 0.29) is 0 Å². The van der Waals surface area contributed by atoms with Gasteiger partial charge >= 0.3 is 11.9 Å². The lowest BCUT2D eigenvalue weighted by atomic mass is 9.87. The van der Waals surface area contributed by atoms with E-state index >= 15 is 0 Å². The van der Waals surface area contributed by atoms with Crippen LogP contribution in [0.4, 0.5) is 0 Å². The van der Waals surface area contributed by atoms with Gasteiger partial charge in [-0.25, -0.2) is 4.79 Å². The van der Waals surface area contributed by atoms with E-state index in [2.05, 4.69) is 4.74 Å². The predicted molar refractivity (Wildman–Crippen MR) is 55.9 cm³/mol. The number of aliphatic hydroxyl groups excluding tert-OH is 1. The van der Waals surface area contributed by atoms with Crippen molar-refractivity contribution < 1.29 is 19.4 Å². The van der Waals surface area contributed by atoms with E-state index in [1.54, 1.807) is 31.2 Å². The summed E-state index contributed by atoms with van der Waals surface area (Å²) in [5.74, 6) is -2.06. The highest BCUT2D eigenvalue weighted by atomic mass is 16.6. The Balaban J connectivity index is 2.51. The molecule has 0 fully saturated rings. The van der Waals surface area contributed by atoms with Crippen LogP contribution in [0, 0.1) is 0 Å². The quantitative estimate of drug-likeness (QED) is 0.601. The first kappa shape index (κ1) is 10.8. The third-order valence-corrected chi connectivity index (χ3v) is 2.77. The number of rotatable bonds is 2.